The van der Waals surface area contributed by atoms with Gasteiger partial charge >= 0.3 is 7.12 Å². The fourth-order valence-corrected chi connectivity index (χ4v) is 1.95. The van der Waals surface area contributed by atoms with Gasteiger partial charge in [0.1, 0.15) is 18.2 Å². The summed E-state index contributed by atoms with van der Waals surface area (Å²) in [4.78, 5) is 0. The first-order chi connectivity index (χ1) is 9.47. The van der Waals surface area contributed by atoms with E-state index in [0.29, 0.717) is 21.8 Å². The van der Waals surface area contributed by atoms with Crippen molar-refractivity contribution in [2.75, 3.05) is 0 Å². The van der Waals surface area contributed by atoms with Crippen LogP contribution in [-0.2, 0) is 6.61 Å². The van der Waals surface area contributed by atoms with Gasteiger partial charge in [0, 0.05) is 10.6 Å². The number of hydrogen-bond donors (Lipinski definition) is 2. The summed E-state index contributed by atoms with van der Waals surface area (Å²) >= 11 is 5.68. The lowest BCUT2D eigenvalue weighted by Gasteiger charge is -2.11. The molecule has 0 saturated carbocycles. The molecule has 0 radical (unpaired) electrons. The Hall–Kier alpha value is -1.56. The Bertz CT molecular complexity index is 619. The molecule has 3 nitrogen and oxygen atoms in total. The second kappa shape index (κ2) is 6.26. The third-order valence-electron chi connectivity index (χ3n) is 2.90. The molecule has 2 aromatic carbocycles. The minimum atomic E-state index is -1.52. The highest BCUT2D eigenvalue weighted by Gasteiger charge is 2.12. The van der Waals surface area contributed by atoms with E-state index in [1.54, 1.807) is 37.3 Å². The molecule has 0 heterocycles. The molecule has 0 atom stereocenters. The topological polar surface area (TPSA) is 49.7 Å². The first-order valence-electron chi connectivity index (χ1n) is 6.01. The van der Waals surface area contributed by atoms with Crippen LogP contribution in [-0.4, -0.2) is 17.2 Å². The Balaban J connectivity index is 2.11. The second-order valence-electron chi connectivity index (χ2n) is 4.42. The summed E-state index contributed by atoms with van der Waals surface area (Å²) < 4.78 is 19.1. The van der Waals surface area contributed by atoms with Gasteiger partial charge in [0.25, 0.3) is 0 Å². The molecule has 0 aromatic heterocycles. The van der Waals surface area contributed by atoms with E-state index in [2.05, 4.69) is 0 Å². The van der Waals surface area contributed by atoms with Gasteiger partial charge in [0.15, 0.2) is 0 Å². The van der Waals surface area contributed by atoms with Gasteiger partial charge in [-0.1, -0.05) is 29.8 Å². The lowest BCUT2D eigenvalue weighted by Crippen LogP contribution is -2.29. The number of halogens is 2. The summed E-state index contributed by atoms with van der Waals surface area (Å²) in [5, 5.41) is 18.5. The van der Waals surface area contributed by atoms with Crippen LogP contribution in [0, 0.1) is 12.7 Å². The van der Waals surface area contributed by atoms with E-state index in [0.717, 1.165) is 5.56 Å². The van der Waals surface area contributed by atoms with Crippen LogP contribution < -0.4 is 10.2 Å². The van der Waals surface area contributed by atoms with Crippen molar-refractivity contribution < 1.29 is 19.2 Å². The highest BCUT2D eigenvalue weighted by molar-refractivity contribution is 6.58. The molecule has 104 valence electrons. The van der Waals surface area contributed by atoms with Gasteiger partial charge in [-0.05, 0) is 36.1 Å². The molecule has 0 saturated heterocycles. The van der Waals surface area contributed by atoms with Crippen LogP contribution in [0.3, 0.4) is 0 Å². The van der Waals surface area contributed by atoms with E-state index in [1.807, 2.05) is 0 Å². The van der Waals surface area contributed by atoms with Crippen molar-refractivity contribution in [2.45, 2.75) is 13.5 Å². The number of benzene rings is 2. The van der Waals surface area contributed by atoms with Crippen LogP contribution in [0.4, 0.5) is 4.39 Å². The molecular weight excluding hydrogens is 281 g/mol. The van der Waals surface area contributed by atoms with Crippen LogP contribution in [0.15, 0.2) is 36.4 Å². The molecular formula is C14H13BClFO3. The van der Waals surface area contributed by atoms with Crippen LogP contribution in [0.25, 0.3) is 0 Å². The lowest BCUT2D eigenvalue weighted by atomic mass is 9.79. The molecule has 0 spiro atoms. The van der Waals surface area contributed by atoms with Gasteiger partial charge < -0.3 is 14.8 Å². The zero-order valence-corrected chi connectivity index (χ0v) is 11.6. The number of aryl methyl sites for hydroxylation is 1. The van der Waals surface area contributed by atoms with Crippen LogP contribution in [0.2, 0.25) is 5.02 Å². The van der Waals surface area contributed by atoms with Gasteiger partial charge in [-0.2, -0.15) is 0 Å². The van der Waals surface area contributed by atoms with Crippen LogP contribution >= 0.6 is 11.6 Å². The monoisotopic (exact) mass is 294 g/mol. The van der Waals surface area contributed by atoms with E-state index in [1.165, 1.54) is 6.07 Å². The first kappa shape index (κ1) is 14.8. The zero-order valence-electron chi connectivity index (χ0n) is 10.8. The van der Waals surface area contributed by atoms with Crippen molar-refractivity contribution in [2.24, 2.45) is 0 Å². The molecule has 0 aliphatic rings. The third kappa shape index (κ3) is 3.51. The largest absolute Gasteiger partial charge is 0.489 e. The molecule has 0 aliphatic heterocycles. The zero-order chi connectivity index (χ0) is 14.7. The van der Waals surface area contributed by atoms with Gasteiger partial charge in [-0.3, -0.25) is 0 Å². The van der Waals surface area contributed by atoms with Gasteiger partial charge in [-0.25, -0.2) is 4.39 Å². The van der Waals surface area contributed by atoms with Crippen LogP contribution in [0.1, 0.15) is 11.1 Å². The smallest absolute Gasteiger partial charge is 0.488 e. The fraction of sp³-hybridized carbons (Fsp3) is 0.143. The Morgan fingerprint density at radius 2 is 1.95 bits per heavy atom. The molecule has 6 heteroatoms. The summed E-state index contributed by atoms with van der Waals surface area (Å²) in [6, 6.07) is 9.18. The predicted octanol–water partition coefficient (Wildman–Crippen LogP) is 2.05. The summed E-state index contributed by atoms with van der Waals surface area (Å²) in [5.74, 6) is 0.140. The minimum Gasteiger partial charge on any atom is -0.489 e. The number of rotatable bonds is 4. The maximum atomic E-state index is 13.6. The SMILES string of the molecule is Cc1cc(B(O)O)ccc1OCc1ccc(Cl)cc1F. The molecule has 2 aromatic rings. The number of ether oxygens (including phenoxy) is 1. The average Bonchev–Trinajstić information content (AvgIpc) is 2.38. The Labute approximate surface area is 121 Å². The van der Waals surface area contributed by atoms with Crippen molar-refractivity contribution in [3.63, 3.8) is 0 Å². The maximum absolute atomic E-state index is 13.6. The van der Waals surface area contributed by atoms with Crippen LogP contribution in [0.5, 0.6) is 5.75 Å². The van der Waals surface area contributed by atoms with E-state index < -0.39 is 12.9 Å². The Kier molecular flexibility index (Phi) is 4.65. The van der Waals surface area contributed by atoms with E-state index in [4.69, 9.17) is 26.4 Å². The highest BCUT2D eigenvalue weighted by atomic mass is 35.5. The van der Waals surface area contributed by atoms with Crippen molar-refractivity contribution in [3.8, 4) is 5.75 Å². The predicted molar refractivity (Wildman–Crippen MR) is 76.7 cm³/mol. The van der Waals surface area contributed by atoms with Gasteiger partial charge in [-0.15, -0.1) is 0 Å². The van der Waals surface area contributed by atoms with E-state index >= 15 is 0 Å². The molecule has 0 bridgehead atoms. The molecule has 2 N–H and O–H groups in total. The molecule has 0 aliphatic carbocycles. The van der Waals surface area contributed by atoms with Gasteiger partial charge in [0.2, 0.25) is 0 Å². The summed E-state index contributed by atoms with van der Waals surface area (Å²) in [5.41, 5.74) is 1.53. The van der Waals surface area contributed by atoms with Crippen molar-refractivity contribution >= 4 is 24.2 Å². The summed E-state index contributed by atoms with van der Waals surface area (Å²) in [6.07, 6.45) is 0. The van der Waals surface area contributed by atoms with Crippen molar-refractivity contribution in [1.29, 1.82) is 0 Å². The summed E-state index contributed by atoms with van der Waals surface area (Å²) in [6.45, 7) is 1.85. The minimum absolute atomic E-state index is 0.0743. The van der Waals surface area contributed by atoms with Crippen molar-refractivity contribution in [1.82, 2.24) is 0 Å². The number of hydrogen-bond acceptors (Lipinski definition) is 3. The molecule has 20 heavy (non-hydrogen) atoms. The average molecular weight is 295 g/mol. The summed E-state index contributed by atoms with van der Waals surface area (Å²) in [7, 11) is -1.52. The lowest BCUT2D eigenvalue weighted by molar-refractivity contribution is 0.298. The Morgan fingerprint density at radius 1 is 1.20 bits per heavy atom. The first-order valence-corrected chi connectivity index (χ1v) is 6.38. The molecule has 0 unspecified atom stereocenters. The van der Waals surface area contributed by atoms with E-state index in [-0.39, 0.29) is 6.61 Å². The third-order valence-corrected chi connectivity index (χ3v) is 3.13. The molecule has 2 rings (SSSR count). The van der Waals surface area contributed by atoms with Gasteiger partial charge in [0.05, 0.1) is 0 Å². The quantitative estimate of drug-likeness (QED) is 0.849. The second-order valence-corrected chi connectivity index (χ2v) is 4.86. The molecule has 0 amide bonds. The standard InChI is InChI=1S/C14H13BClFO3/c1-9-6-11(15(18)19)3-5-14(9)20-8-10-2-4-12(16)7-13(10)17/h2-7,18-19H,8H2,1H3. The highest BCUT2D eigenvalue weighted by Crippen LogP contribution is 2.20. The van der Waals surface area contributed by atoms with Crippen molar-refractivity contribution in [3.05, 3.63) is 58.4 Å². The molecule has 0 fully saturated rings. The fourth-order valence-electron chi connectivity index (χ4n) is 1.79. The maximum Gasteiger partial charge on any atom is 0.488 e. The van der Waals surface area contributed by atoms with E-state index in [9.17, 15) is 4.39 Å². The Morgan fingerprint density at radius 3 is 2.55 bits per heavy atom. The normalized spacial score (nSPS) is 10.4.